The summed E-state index contributed by atoms with van der Waals surface area (Å²) >= 11 is 0. The normalized spacial score (nSPS) is 19.9. The van der Waals surface area contributed by atoms with E-state index in [1.165, 1.54) is 19.3 Å². The number of nitrogens with one attached hydrogen (secondary N) is 1. The van der Waals surface area contributed by atoms with Crippen LogP contribution in [0.2, 0.25) is 0 Å². The van der Waals surface area contributed by atoms with Gasteiger partial charge in [0.2, 0.25) is 5.91 Å². The summed E-state index contributed by atoms with van der Waals surface area (Å²) in [4.78, 5) is 14.0. The summed E-state index contributed by atoms with van der Waals surface area (Å²) in [5.41, 5.74) is -0.770. The zero-order valence-corrected chi connectivity index (χ0v) is 12.2. The highest BCUT2D eigenvalue weighted by Crippen LogP contribution is 2.17. The molecule has 0 aromatic heterocycles. The first kappa shape index (κ1) is 15.4. The van der Waals surface area contributed by atoms with Gasteiger partial charge < -0.3 is 10.4 Å². The second kappa shape index (κ2) is 6.53. The lowest BCUT2D eigenvalue weighted by atomic mass is 9.95. The molecule has 0 bridgehead atoms. The molecule has 1 fully saturated rings. The van der Waals surface area contributed by atoms with Crippen LogP contribution in [0, 0.1) is 0 Å². The Labute approximate surface area is 111 Å². The van der Waals surface area contributed by atoms with Crippen LogP contribution >= 0.6 is 0 Å². The monoisotopic (exact) mass is 256 g/mol. The predicted octanol–water partition coefficient (Wildman–Crippen LogP) is 1.53. The molecule has 1 atom stereocenters. The highest BCUT2D eigenvalue weighted by atomic mass is 16.3. The van der Waals surface area contributed by atoms with Crippen molar-refractivity contribution in [3.05, 3.63) is 0 Å². The van der Waals surface area contributed by atoms with E-state index in [0.29, 0.717) is 12.6 Å². The number of rotatable bonds is 5. The third-order valence-electron chi connectivity index (χ3n) is 3.63. The Kier molecular flexibility index (Phi) is 5.60. The van der Waals surface area contributed by atoms with Crippen LogP contribution in [0.5, 0.6) is 0 Å². The minimum Gasteiger partial charge on any atom is -0.389 e. The molecule has 1 unspecified atom stereocenters. The van der Waals surface area contributed by atoms with Crippen LogP contribution in [0.15, 0.2) is 0 Å². The molecule has 2 N–H and O–H groups in total. The van der Waals surface area contributed by atoms with E-state index in [4.69, 9.17) is 0 Å². The number of carbonyl (C=O) groups is 1. The van der Waals surface area contributed by atoms with Crippen LogP contribution in [0.25, 0.3) is 0 Å². The number of aliphatic hydroxyl groups is 1. The van der Waals surface area contributed by atoms with Crippen LogP contribution in [-0.4, -0.2) is 47.2 Å². The first-order valence-corrected chi connectivity index (χ1v) is 7.02. The van der Waals surface area contributed by atoms with Crippen LogP contribution < -0.4 is 5.32 Å². The molecule has 0 saturated heterocycles. The third kappa shape index (κ3) is 5.36. The number of carbonyl (C=O) groups excluding carboxylic acids is 1. The summed E-state index contributed by atoms with van der Waals surface area (Å²) in [5.74, 6) is 0.0775. The Hall–Kier alpha value is -0.610. The maximum atomic E-state index is 12.1. The van der Waals surface area contributed by atoms with Gasteiger partial charge in [0.05, 0.1) is 11.6 Å². The lowest BCUT2D eigenvalue weighted by molar-refractivity contribution is -0.127. The summed E-state index contributed by atoms with van der Waals surface area (Å²) in [7, 11) is 1.88. The summed E-state index contributed by atoms with van der Waals surface area (Å²) in [5, 5.41) is 12.9. The van der Waals surface area contributed by atoms with Gasteiger partial charge >= 0.3 is 0 Å². The largest absolute Gasteiger partial charge is 0.389 e. The van der Waals surface area contributed by atoms with Gasteiger partial charge in [0.1, 0.15) is 0 Å². The van der Waals surface area contributed by atoms with Crippen LogP contribution in [0.3, 0.4) is 0 Å². The number of likely N-dealkylation sites (N-methyl/N-ethyl adjacent to an activating group) is 1. The zero-order chi connectivity index (χ0) is 13.8. The molecule has 0 aromatic carbocycles. The molecule has 0 radical (unpaired) electrons. The molecule has 18 heavy (non-hydrogen) atoms. The fourth-order valence-corrected chi connectivity index (χ4v) is 2.52. The van der Waals surface area contributed by atoms with E-state index in [-0.39, 0.29) is 11.9 Å². The third-order valence-corrected chi connectivity index (χ3v) is 3.63. The summed E-state index contributed by atoms with van der Waals surface area (Å²) in [6, 6.07) is 0.155. The van der Waals surface area contributed by atoms with E-state index >= 15 is 0 Å². The van der Waals surface area contributed by atoms with E-state index in [0.717, 1.165) is 12.8 Å². The van der Waals surface area contributed by atoms with Gasteiger partial charge in [-0.2, -0.15) is 0 Å². The van der Waals surface area contributed by atoms with Gasteiger partial charge in [-0.3, -0.25) is 9.69 Å². The first-order valence-electron chi connectivity index (χ1n) is 7.02. The molecule has 1 saturated carbocycles. The van der Waals surface area contributed by atoms with Crippen molar-refractivity contribution in [2.75, 3.05) is 13.6 Å². The predicted molar refractivity (Wildman–Crippen MR) is 73.4 cm³/mol. The molecule has 1 rings (SSSR count). The van der Waals surface area contributed by atoms with Crippen molar-refractivity contribution in [1.29, 1.82) is 0 Å². The fourth-order valence-electron chi connectivity index (χ4n) is 2.52. The maximum Gasteiger partial charge on any atom is 0.237 e. The lowest BCUT2D eigenvalue weighted by Crippen LogP contribution is -2.50. The maximum absolute atomic E-state index is 12.1. The van der Waals surface area contributed by atoms with Crippen LogP contribution in [0.4, 0.5) is 0 Å². The Morgan fingerprint density at radius 1 is 1.39 bits per heavy atom. The molecular weight excluding hydrogens is 228 g/mol. The topological polar surface area (TPSA) is 52.6 Å². The molecule has 1 aliphatic carbocycles. The highest BCUT2D eigenvalue weighted by Gasteiger charge is 2.25. The summed E-state index contributed by atoms with van der Waals surface area (Å²) in [6.07, 6.45) is 5.94. The average Bonchev–Trinajstić information content (AvgIpc) is 2.27. The number of nitrogens with zero attached hydrogens (tertiary/aromatic N) is 1. The summed E-state index contributed by atoms with van der Waals surface area (Å²) in [6.45, 7) is 5.90. The van der Waals surface area contributed by atoms with Gasteiger partial charge in [-0.25, -0.2) is 0 Å². The number of hydrogen-bond donors (Lipinski definition) is 2. The first-order chi connectivity index (χ1) is 8.29. The van der Waals surface area contributed by atoms with Gasteiger partial charge in [0.25, 0.3) is 0 Å². The molecule has 106 valence electrons. The molecule has 1 amide bonds. The molecular formula is C14H28N2O2. The minimum absolute atomic E-state index is 0.0775. The molecule has 4 heteroatoms. The van der Waals surface area contributed by atoms with E-state index in [1.54, 1.807) is 13.8 Å². The van der Waals surface area contributed by atoms with Crippen molar-refractivity contribution in [3.8, 4) is 0 Å². The van der Waals surface area contributed by atoms with E-state index in [2.05, 4.69) is 5.32 Å². The van der Waals surface area contributed by atoms with Crippen molar-refractivity contribution >= 4 is 5.91 Å². The Morgan fingerprint density at radius 3 is 2.44 bits per heavy atom. The Bertz CT molecular complexity index is 267. The van der Waals surface area contributed by atoms with Gasteiger partial charge in [-0.1, -0.05) is 19.3 Å². The number of amides is 1. The van der Waals surface area contributed by atoms with Gasteiger partial charge in [-0.05, 0) is 40.7 Å². The smallest absolute Gasteiger partial charge is 0.237 e. The number of hydrogen-bond acceptors (Lipinski definition) is 3. The molecule has 0 aliphatic heterocycles. The quantitative estimate of drug-likeness (QED) is 0.784. The molecule has 1 aliphatic rings. The van der Waals surface area contributed by atoms with Crippen molar-refractivity contribution in [3.63, 3.8) is 0 Å². The van der Waals surface area contributed by atoms with Crippen molar-refractivity contribution in [2.24, 2.45) is 0 Å². The van der Waals surface area contributed by atoms with E-state index < -0.39 is 5.60 Å². The highest BCUT2D eigenvalue weighted by molar-refractivity contribution is 5.81. The van der Waals surface area contributed by atoms with E-state index in [9.17, 15) is 9.90 Å². The van der Waals surface area contributed by atoms with Crippen LogP contribution in [0.1, 0.15) is 52.9 Å². The average molecular weight is 256 g/mol. The second-order valence-corrected chi connectivity index (χ2v) is 6.25. The SMILES string of the molecule is CC(C(=O)NC1CCCCC1)N(C)CC(C)(C)O. The molecule has 4 nitrogen and oxygen atoms in total. The van der Waals surface area contributed by atoms with Gasteiger partial charge in [0.15, 0.2) is 0 Å². The second-order valence-electron chi connectivity index (χ2n) is 6.25. The lowest BCUT2D eigenvalue weighted by Gasteiger charge is -2.31. The molecule has 0 aromatic rings. The fraction of sp³-hybridized carbons (Fsp3) is 0.929. The van der Waals surface area contributed by atoms with E-state index in [1.807, 2.05) is 18.9 Å². The zero-order valence-electron chi connectivity index (χ0n) is 12.2. The standard InChI is InChI=1S/C14H28N2O2/c1-11(16(4)10-14(2,3)18)13(17)15-12-8-6-5-7-9-12/h11-12,18H,5-10H2,1-4H3,(H,15,17). The Morgan fingerprint density at radius 2 is 1.94 bits per heavy atom. The van der Waals surface area contributed by atoms with Crippen LogP contribution in [-0.2, 0) is 4.79 Å². The van der Waals surface area contributed by atoms with Crippen molar-refractivity contribution < 1.29 is 9.90 Å². The Balaban J connectivity index is 2.39. The molecule has 0 heterocycles. The van der Waals surface area contributed by atoms with Gasteiger partial charge in [0, 0.05) is 12.6 Å². The van der Waals surface area contributed by atoms with Crippen molar-refractivity contribution in [2.45, 2.75) is 70.6 Å². The molecule has 0 spiro atoms. The van der Waals surface area contributed by atoms with Crippen molar-refractivity contribution in [1.82, 2.24) is 10.2 Å². The minimum atomic E-state index is -0.770. The summed E-state index contributed by atoms with van der Waals surface area (Å²) < 4.78 is 0. The van der Waals surface area contributed by atoms with Gasteiger partial charge in [-0.15, -0.1) is 0 Å².